The number of fused-ring (bicyclic) bond motifs is 1. The molecule has 32 heavy (non-hydrogen) atoms. The summed E-state index contributed by atoms with van der Waals surface area (Å²) in [5.41, 5.74) is 4.85. The van der Waals surface area contributed by atoms with E-state index >= 15 is 0 Å². The molecule has 0 N–H and O–H groups in total. The first-order valence-electron chi connectivity index (χ1n) is 10.2. The highest BCUT2D eigenvalue weighted by molar-refractivity contribution is 6.36. The van der Waals surface area contributed by atoms with Crippen molar-refractivity contribution in [3.63, 3.8) is 0 Å². The summed E-state index contributed by atoms with van der Waals surface area (Å²) >= 11 is 12.8. The van der Waals surface area contributed by atoms with Gasteiger partial charge in [0.1, 0.15) is 0 Å². The fraction of sp³-hybridized carbons (Fsp3) is 0.0769. The molecule has 4 nitrogen and oxygen atoms in total. The van der Waals surface area contributed by atoms with Gasteiger partial charge in [-0.15, -0.1) is 0 Å². The topological polar surface area (TPSA) is 37.6 Å². The first-order chi connectivity index (χ1) is 15.5. The van der Waals surface area contributed by atoms with Crippen LogP contribution in [0, 0.1) is 0 Å². The van der Waals surface area contributed by atoms with Gasteiger partial charge in [-0.3, -0.25) is 4.79 Å². The minimum atomic E-state index is -0.139. The smallest absolute Gasteiger partial charge is 0.280 e. The third-order valence-electron chi connectivity index (χ3n) is 5.57. The highest BCUT2D eigenvalue weighted by Gasteiger charge is 2.29. The average Bonchev–Trinajstić information content (AvgIpc) is 3.29. The number of rotatable bonds is 4. The van der Waals surface area contributed by atoms with E-state index in [-0.39, 0.29) is 5.91 Å². The molecule has 158 valence electrons. The lowest BCUT2D eigenvalue weighted by molar-refractivity contribution is -0.114. The number of aromatic nitrogens is 1. The minimum Gasteiger partial charge on any atom is -0.342 e. The maximum atomic E-state index is 13.1. The van der Waals surface area contributed by atoms with Crippen molar-refractivity contribution in [3.8, 4) is 0 Å². The zero-order valence-corrected chi connectivity index (χ0v) is 18.8. The molecule has 0 aliphatic carbocycles. The molecule has 0 fully saturated rings. The number of carbonyl (C=O) groups excluding carboxylic acids is 1. The number of para-hydroxylation sites is 2. The fourth-order valence-electron chi connectivity index (χ4n) is 3.96. The molecule has 0 spiro atoms. The van der Waals surface area contributed by atoms with Crippen molar-refractivity contribution in [2.45, 2.75) is 13.5 Å². The molecular weight excluding hydrogens is 441 g/mol. The molecule has 1 amide bonds. The van der Waals surface area contributed by atoms with Crippen molar-refractivity contribution in [3.05, 3.63) is 106 Å². The van der Waals surface area contributed by atoms with Gasteiger partial charge in [0.05, 0.1) is 23.5 Å². The van der Waals surface area contributed by atoms with Crippen LogP contribution in [-0.2, 0) is 11.3 Å². The second kappa shape index (κ2) is 8.30. The summed E-state index contributed by atoms with van der Waals surface area (Å²) in [4.78, 5) is 13.1. The molecule has 0 radical (unpaired) electrons. The van der Waals surface area contributed by atoms with Gasteiger partial charge in [-0.1, -0.05) is 65.7 Å². The number of hydrazone groups is 1. The first-order valence-corrected chi connectivity index (χ1v) is 11.0. The summed E-state index contributed by atoms with van der Waals surface area (Å²) in [6.07, 6.45) is 3.94. The molecular formula is C26H19Cl2N3O. The van der Waals surface area contributed by atoms with Gasteiger partial charge in [-0.05, 0) is 43.3 Å². The Bertz CT molecular complexity index is 1380. The number of halogens is 2. The van der Waals surface area contributed by atoms with E-state index in [0.717, 1.165) is 27.7 Å². The van der Waals surface area contributed by atoms with E-state index in [2.05, 4.69) is 15.7 Å². The Kier molecular flexibility index (Phi) is 5.33. The second-order valence-electron chi connectivity index (χ2n) is 7.63. The summed E-state index contributed by atoms with van der Waals surface area (Å²) in [5.74, 6) is -0.139. The zero-order chi connectivity index (χ0) is 22.2. The summed E-state index contributed by atoms with van der Waals surface area (Å²) in [6.45, 7) is 2.38. The van der Waals surface area contributed by atoms with Gasteiger partial charge in [0.15, 0.2) is 0 Å². The fourth-order valence-corrected chi connectivity index (χ4v) is 4.48. The van der Waals surface area contributed by atoms with Gasteiger partial charge < -0.3 is 4.57 Å². The zero-order valence-electron chi connectivity index (χ0n) is 17.3. The van der Waals surface area contributed by atoms with Crippen molar-refractivity contribution in [1.82, 2.24) is 4.57 Å². The molecule has 0 unspecified atom stereocenters. The van der Waals surface area contributed by atoms with E-state index in [0.29, 0.717) is 27.9 Å². The van der Waals surface area contributed by atoms with Crippen molar-refractivity contribution in [2.24, 2.45) is 5.10 Å². The van der Waals surface area contributed by atoms with E-state index in [1.165, 1.54) is 5.01 Å². The van der Waals surface area contributed by atoms with Crippen molar-refractivity contribution in [1.29, 1.82) is 0 Å². The van der Waals surface area contributed by atoms with Crippen LogP contribution >= 0.6 is 23.2 Å². The molecule has 4 aromatic rings. The van der Waals surface area contributed by atoms with Crippen LogP contribution in [-0.4, -0.2) is 16.2 Å². The molecule has 1 aliphatic heterocycles. The van der Waals surface area contributed by atoms with Crippen LogP contribution < -0.4 is 5.01 Å². The van der Waals surface area contributed by atoms with E-state index in [9.17, 15) is 4.79 Å². The Hall–Kier alpha value is -3.34. The first kappa shape index (κ1) is 20.6. The summed E-state index contributed by atoms with van der Waals surface area (Å²) in [5, 5.41) is 8.23. The minimum absolute atomic E-state index is 0.139. The van der Waals surface area contributed by atoms with Crippen LogP contribution in [0.25, 0.3) is 17.0 Å². The number of anilines is 1. The summed E-state index contributed by atoms with van der Waals surface area (Å²) in [7, 11) is 0. The molecule has 1 aromatic heterocycles. The largest absolute Gasteiger partial charge is 0.342 e. The Balaban J connectivity index is 1.57. The predicted octanol–water partition coefficient (Wildman–Crippen LogP) is 6.80. The van der Waals surface area contributed by atoms with Crippen LogP contribution in [0.15, 0.2) is 89.7 Å². The van der Waals surface area contributed by atoms with Gasteiger partial charge in [-0.2, -0.15) is 10.1 Å². The maximum absolute atomic E-state index is 13.1. The summed E-state index contributed by atoms with van der Waals surface area (Å²) in [6, 6.07) is 23.0. The van der Waals surface area contributed by atoms with Gasteiger partial charge in [-0.25, -0.2) is 0 Å². The standard InChI is InChI=1S/C26H19Cl2N3O/c1-17-21(26(32)31(29-17)19-8-3-2-4-9-19)14-18-15-30(25-13-6-5-10-20(18)25)16-22-23(27)11-7-12-24(22)28/h2-15H,16H2,1H3/b21-14+. The Morgan fingerprint density at radius 1 is 0.906 bits per heavy atom. The maximum Gasteiger partial charge on any atom is 0.280 e. The SMILES string of the molecule is CC1=NN(c2ccccc2)C(=O)/C1=C/c1cn(Cc2c(Cl)cccc2Cl)c2ccccc12. The number of nitrogens with zero attached hydrogens (tertiary/aromatic N) is 3. The lowest BCUT2D eigenvalue weighted by Crippen LogP contribution is -2.21. The Labute approximate surface area is 196 Å². The number of amides is 1. The van der Waals surface area contributed by atoms with Crippen molar-refractivity contribution >= 4 is 57.5 Å². The predicted molar refractivity (Wildman–Crippen MR) is 133 cm³/mol. The van der Waals surface area contributed by atoms with Gasteiger partial charge in [0.2, 0.25) is 0 Å². The normalized spacial score (nSPS) is 15.1. The van der Waals surface area contributed by atoms with Crippen LogP contribution in [0.1, 0.15) is 18.1 Å². The molecule has 6 heteroatoms. The van der Waals surface area contributed by atoms with Crippen LogP contribution in [0.3, 0.4) is 0 Å². The third kappa shape index (κ3) is 3.62. The average molecular weight is 460 g/mol. The van der Waals surface area contributed by atoms with E-state index in [1.807, 2.05) is 85.9 Å². The second-order valence-corrected chi connectivity index (χ2v) is 8.44. The van der Waals surface area contributed by atoms with Gasteiger partial charge >= 0.3 is 0 Å². The quantitative estimate of drug-likeness (QED) is 0.309. The highest BCUT2D eigenvalue weighted by Crippen LogP contribution is 2.31. The lowest BCUT2D eigenvalue weighted by atomic mass is 10.1. The Morgan fingerprint density at radius 3 is 2.34 bits per heavy atom. The molecule has 0 saturated carbocycles. The van der Waals surface area contributed by atoms with Crippen LogP contribution in [0.4, 0.5) is 5.69 Å². The molecule has 0 saturated heterocycles. The van der Waals surface area contributed by atoms with Gasteiger partial charge in [0, 0.05) is 38.3 Å². The molecule has 3 aromatic carbocycles. The number of benzene rings is 3. The highest BCUT2D eigenvalue weighted by atomic mass is 35.5. The third-order valence-corrected chi connectivity index (χ3v) is 6.28. The molecule has 0 atom stereocenters. The van der Waals surface area contributed by atoms with Crippen LogP contribution in [0.2, 0.25) is 10.0 Å². The van der Waals surface area contributed by atoms with E-state index < -0.39 is 0 Å². The molecule has 2 heterocycles. The summed E-state index contributed by atoms with van der Waals surface area (Å²) < 4.78 is 2.11. The monoisotopic (exact) mass is 459 g/mol. The van der Waals surface area contributed by atoms with Crippen molar-refractivity contribution < 1.29 is 4.79 Å². The lowest BCUT2D eigenvalue weighted by Gasteiger charge is -2.10. The number of hydrogen-bond donors (Lipinski definition) is 0. The van der Waals surface area contributed by atoms with E-state index in [4.69, 9.17) is 23.2 Å². The molecule has 5 rings (SSSR count). The van der Waals surface area contributed by atoms with E-state index in [1.54, 1.807) is 0 Å². The number of carbonyl (C=O) groups is 1. The number of hydrogen-bond acceptors (Lipinski definition) is 2. The van der Waals surface area contributed by atoms with Gasteiger partial charge in [0.25, 0.3) is 5.91 Å². The molecule has 1 aliphatic rings. The molecule has 0 bridgehead atoms. The van der Waals surface area contributed by atoms with Crippen molar-refractivity contribution in [2.75, 3.05) is 5.01 Å². The Morgan fingerprint density at radius 2 is 1.59 bits per heavy atom. The van der Waals surface area contributed by atoms with Crippen LogP contribution in [0.5, 0.6) is 0 Å².